The summed E-state index contributed by atoms with van der Waals surface area (Å²) in [6.07, 6.45) is 0.652. The Morgan fingerprint density at radius 1 is 2.00 bits per heavy atom. The molecule has 3 heteroatoms. The smallest absolute Gasteiger partial charge is 0.207 e. The highest BCUT2D eigenvalue weighted by atomic mass is 16.5. The zero-order chi connectivity index (χ0) is 5.54. The van der Waals surface area contributed by atoms with Crippen LogP contribution in [0.2, 0.25) is 0 Å². The van der Waals surface area contributed by atoms with E-state index in [1.165, 1.54) is 0 Å². The van der Waals surface area contributed by atoms with E-state index in [1.807, 2.05) is 0 Å². The summed E-state index contributed by atoms with van der Waals surface area (Å²) >= 11 is 0. The van der Waals surface area contributed by atoms with Gasteiger partial charge in [-0.15, -0.1) is 0 Å². The van der Waals surface area contributed by atoms with Crippen LogP contribution in [-0.4, -0.2) is 26.7 Å². The summed E-state index contributed by atoms with van der Waals surface area (Å²) in [6.45, 7) is 1.18. The molecule has 0 aromatic carbocycles. The molecule has 1 N–H and O–H groups in total. The van der Waals surface area contributed by atoms with Crippen molar-refractivity contribution in [3.8, 4) is 0 Å². The van der Waals surface area contributed by atoms with Crippen LogP contribution in [0.25, 0.3) is 0 Å². The number of amides is 1. The third-order valence-electron chi connectivity index (χ3n) is 0.534. The van der Waals surface area contributed by atoms with Gasteiger partial charge in [-0.1, -0.05) is 0 Å². The number of rotatable bonds is 4. The molecule has 44 valence electrons. The van der Waals surface area contributed by atoms with Gasteiger partial charge in [0, 0.05) is 15.1 Å². The van der Waals surface area contributed by atoms with Crippen LogP contribution in [0, 0.1) is 0 Å². The molecule has 0 aliphatic carbocycles. The first-order chi connectivity index (χ1) is 3.41. The van der Waals surface area contributed by atoms with Crippen LogP contribution in [-0.2, 0) is 9.53 Å². The minimum absolute atomic E-state index is 0. The van der Waals surface area contributed by atoms with Crippen LogP contribution < -0.4 is 5.32 Å². The fourth-order valence-corrected chi connectivity index (χ4v) is 0.220. The fourth-order valence-electron chi connectivity index (χ4n) is 0.220. The largest absolute Gasteiger partial charge is 0.383 e. The first kappa shape index (κ1) is 6.43. The van der Waals surface area contributed by atoms with Gasteiger partial charge >= 0.3 is 0 Å². The summed E-state index contributed by atoms with van der Waals surface area (Å²) in [5.74, 6) is 0. The van der Waals surface area contributed by atoms with Crippen molar-refractivity contribution < 1.29 is 11.0 Å². The Morgan fingerprint density at radius 3 is 3.14 bits per heavy atom. The molecular formula is C4H11NO2. The number of carbonyl (C=O) groups excluding carboxylic acids is 1. The second-order valence-electron chi connectivity index (χ2n) is 1.06. The number of nitrogens with one attached hydrogen (secondary N) is 1. The average molecular weight is 105 g/mol. The van der Waals surface area contributed by atoms with Crippen LogP contribution in [0.4, 0.5) is 0 Å². The summed E-state index contributed by atoms with van der Waals surface area (Å²) in [5, 5.41) is 2.44. The van der Waals surface area contributed by atoms with Crippen LogP contribution in [0.5, 0.6) is 0 Å². The molecule has 1 amide bonds. The third-order valence-corrected chi connectivity index (χ3v) is 0.534. The van der Waals surface area contributed by atoms with Gasteiger partial charge in [-0.2, -0.15) is 0 Å². The number of carbonyl (C=O) groups is 1. The highest BCUT2D eigenvalue weighted by Gasteiger charge is 1.75. The van der Waals surface area contributed by atoms with E-state index in [0.29, 0.717) is 19.6 Å². The minimum atomic E-state index is 0. The van der Waals surface area contributed by atoms with Gasteiger partial charge in [0.05, 0.1) is 6.61 Å². The highest BCUT2D eigenvalue weighted by molar-refractivity contribution is 5.45. The first-order valence-electron chi connectivity index (χ1n) is 2.07. The summed E-state index contributed by atoms with van der Waals surface area (Å²) in [4.78, 5) is 9.51. The lowest BCUT2D eigenvalue weighted by Crippen LogP contribution is -2.16. The SMILES string of the molecule is COCCNC=O.[HH]. The van der Waals surface area contributed by atoms with E-state index in [4.69, 9.17) is 0 Å². The number of ether oxygens (including phenoxy) is 1. The van der Waals surface area contributed by atoms with Gasteiger partial charge in [-0.3, -0.25) is 4.79 Å². The zero-order valence-electron chi connectivity index (χ0n) is 4.31. The summed E-state index contributed by atoms with van der Waals surface area (Å²) < 4.78 is 4.62. The van der Waals surface area contributed by atoms with E-state index in [9.17, 15) is 4.79 Å². The second-order valence-corrected chi connectivity index (χ2v) is 1.06. The van der Waals surface area contributed by atoms with Crippen molar-refractivity contribution in [2.45, 2.75) is 0 Å². The molecule has 0 bridgehead atoms. The van der Waals surface area contributed by atoms with Crippen molar-refractivity contribution >= 4 is 6.41 Å². The van der Waals surface area contributed by atoms with Gasteiger partial charge in [-0.25, -0.2) is 0 Å². The fraction of sp³-hybridized carbons (Fsp3) is 0.750. The van der Waals surface area contributed by atoms with E-state index < -0.39 is 0 Å². The maximum absolute atomic E-state index is 9.51. The van der Waals surface area contributed by atoms with E-state index >= 15 is 0 Å². The lowest BCUT2D eigenvalue weighted by Gasteiger charge is -1.92. The molecule has 0 fully saturated rings. The van der Waals surface area contributed by atoms with Gasteiger partial charge in [0.25, 0.3) is 0 Å². The van der Waals surface area contributed by atoms with Crippen LogP contribution in [0.15, 0.2) is 0 Å². The summed E-state index contributed by atoms with van der Waals surface area (Å²) in [7, 11) is 1.59. The van der Waals surface area contributed by atoms with Gasteiger partial charge < -0.3 is 10.1 Å². The molecule has 0 aromatic heterocycles. The van der Waals surface area contributed by atoms with Crippen molar-refractivity contribution in [2.24, 2.45) is 0 Å². The van der Waals surface area contributed by atoms with Crippen molar-refractivity contribution in [1.29, 1.82) is 0 Å². The molecule has 0 rings (SSSR count). The molecular weight excluding hydrogens is 94.0 g/mol. The Hall–Kier alpha value is -0.570. The standard InChI is InChI=1S/C4H9NO2.H2/c1-7-3-2-5-4-6;/h4H,2-3H2,1H3,(H,5,6);1H. The summed E-state index contributed by atoms with van der Waals surface area (Å²) in [6, 6.07) is 0. The van der Waals surface area contributed by atoms with Gasteiger partial charge in [0.15, 0.2) is 0 Å². The molecule has 0 atom stereocenters. The Bertz CT molecular complexity index is 51.3. The number of hydrogen-bond acceptors (Lipinski definition) is 2. The Kier molecular flexibility index (Phi) is 4.99. The normalized spacial score (nSPS) is 8.14. The molecule has 0 spiro atoms. The van der Waals surface area contributed by atoms with E-state index in [1.54, 1.807) is 7.11 Å². The molecule has 0 unspecified atom stereocenters. The molecule has 0 saturated carbocycles. The van der Waals surface area contributed by atoms with Crippen LogP contribution in [0.1, 0.15) is 1.43 Å². The highest BCUT2D eigenvalue weighted by Crippen LogP contribution is 1.58. The molecule has 0 heterocycles. The predicted octanol–water partition coefficient (Wildman–Crippen LogP) is -0.375. The monoisotopic (exact) mass is 105 g/mol. The van der Waals surface area contributed by atoms with Crippen molar-refractivity contribution in [1.82, 2.24) is 5.32 Å². The maximum Gasteiger partial charge on any atom is 0.207 e. The van der Waals surface area contributed by atoms with Crippen molar-refractivity contribution in [3.05, 3.63) is 0 Å². The second kappa shape index (κ2) is 5.43. The minimum Gasteiger partial charge on any atom is -0.383 e. The predicted molar refractivity (Wildman–Crippen MR) is 28.1 cm³/mol. The average Bonchev–Trinajstić information content (AvgIpc) is 1.69. The van der Waals surface area contributed by atoms with Crippen LogP contribution >= 0.6 is 0 Å². The quantitative estimate of drug-likeness (QED) is 0.391. The molecule has 0 aliphatic rings. The van der Waals surface area contributed by atoms with E-state index in [-0.39, 0.29) is 1.43 Å². The Morgan fingerprint density at radius 2 is 2.71 bits per heavy atom. The van der Waals surface area contributed by atoms with Crippen molar-refractivity contribution in [3.63, 3.8) is 0 Å². The Balaban J connectivity index is 0. The summed E-state index contributed by atoms with van der Waals surface area (Å²) in [5.41, 5.74) is 0. The van der Waals surface area contributed by atoms with E-state index in [0.717, 1.165) is 0 Å². The Labute approximate surface area is 44.1 Å². The van der Waals surface area contributed by atoms with Gasteiger partial charge in [0.1, 0.15) is 0 Å². The van der Waals surface area contributed by atoms with Gasteiger partial charge in [0.2, 0.25) is 6.41 Å². The lowest BCUT2D eigenvalue weighted by atomic mass is 10.7. The topological polar surface area (TPSA) is 38.3 Å². The first-order valence-corrected chi connectivity index (χ1v) is 2.07. The molecule has 0 saturated heterocycles. The zero-order valence-corrected chi connectivity index (χ0v) is 4.31. The molecule has 0 aliphatic heterocycles. The molecule has 0 aromatic rings. The van der Waals surface area contributed by atoms with Crippen molar-refractivity contribution in [2.75, 3.05) is 20.3 Å². The number of hydrogen-bond donors (Lipinski definition) is 1. The molecule has 0 radical (unpaired) electrons. The molecule has 3 nitrogen and oxygen atoms in total. The van der Waals surface area contributed by atoms with E-state index in [2.05, 4.69) is 10.1 Å². The van der Waals surface area contributed by atoms with Gasteiger partial charge in [-0.05, 0) is 0 Å². The number of methoxy groups -OCH3 is 1. The maximum atomic E-state index is 9.51. The lowest BCUT2D eigenvalue weighted by molar-refractivity contribution is -0.109. The third kappa shape index (κ3) is 5.43. The molecule has 7 heavy (non-hydrogen) atoms. The van der Waals surface area contributed by atoms with Crippen LogP contribution in [0.3, 0.4) is 0 Å².